The number of hydrogen-bond acceptors (Lipinski definition) is 11. The number of rotatable bonds is 21. The molecule has 0 bridgehead atoms. The lowest BCUT2D eigenvalue weighted by Crippen LogP contribution is -2.51. The van der Waals surface area contributed by atoms with E-state index in [-0.39, 0.29) is 18.7 Å². The van der Waals surface area contributed by atoms with Crippen LogP contribution in [0.15, 0.2) is 52.9 Å². The van der Waals surface area contributed by atoms with Crippen LogP contribution in [0.5, 0.6) is 5.75 Å². The van der Waals surface area contributed by atoms with Crippen molar-refractivity contribution in [3.05, 3.63) is 53.9 Å². The van der Waals surface area contributed by atoms with E-state index in [1.807, 2.05) is 51.8 Å². The quantitative estimate of drug-likeness (QED) is 0.0638. The minimum absolute atomic E-state index is 0.0124. The van der Waals surface area contributed by atoms with E-state index < -0.39 is 37.0 Å². The average molecular weight is 789 g/mol. The van der Waals surface area contributed by atoms with Crippen molar-refractivity contribution in [3.63, 3.8) is 0 Å². The van der Waals surface area contributed by atoms with Crippen LogP contribution in [0.25, 0.3) is 33.4 Å². The highest BCUT2D eigenvalue weighted by Gasteiger charge is 2.26. The molecule has 1 aliphatic carbocycles. The highest BCUT2D eigenvalue weighted by atomic mass is 16.5. The zero-order valence-electron chi connectivity index (χ0n) is 34.3. The predicted molar refractivity (Wildman–Crippen MR) is 220 cm³/mol. The third kappa shape index (κ3) is 11.2. The van der Waals surface area contributed by atoms with Gasteiger partial charge in [0.2, 0.25) is 11.3 Å². The molecule has 1 heterocycles. The molecule has 1 amide bonds. The van der Waals surface area contributed by atoms with E-state index in [9.17, 15) is 24.3 Å². The van der Waals surface area contributed by atoms with Crippen molar-refractivity contribution in [2.45, 2.75) is 45.1 Å². The average Bonchev–Trinajstić information content (AvgIpc) is 3.15. The number of nitrogens with zero attached hydrogens (tertiary/aromatic N) is 5. The summed E-state index contributed by atoms with van der Waals surface area (Å²) in [7, 11) is 13.7. The Morgan fingerprint density at radius 1 is 0.877 bits per heavy atom. The lowest BCUT2D eigenvalue weighted by Gasteiger charge is -2.30. The predicted octanol–water partition coefficient (Wildman–Crippen LogP) is 2.86. The fourth-order valence-corrected chi connectivity index (χ4v) is 6.98. The number of carboxylic acid groups (broad SMARTS) is 3. The molecule has 0 saturated heterocycles. The number of carboxylic acids is 3. The SMILES string of the molecule is CCN(CCCC(=O)NCCCCC(C(=O)[O-])N(CC(=O)O)CC(=O)O)c1cc(OC)c(-c2c3ccc(=[N+](C)C)cc-3oc3cc(N(C)C)ccc23)cc1N(C)C. The molecule has 3 N–H and O–H groups in total. The number of fused-ring (bicyclic) bond motifs is 2. The van der Waals surface area contributed by atoms with Gasteiger partial charge in [0.05, 0.1) is 49.7 Å². The maximum absolute atomic E-state index is 12.8. The molecule has 0 aromatic heterocycles. The molecular weight excluding hydrogens is 732 g/mol. The Hall–Kier alpha value is -5.83. The number of ether oxygens (including phenoxy) is 1. The van der Waals surface area contributed by atoms with Gasteiger partial charge in [-0.05, 0) is 56.9 Å². The second-order valence-corrected chi connectivity index (χ2v) is 14.6. The maximum Gasteiger partial charge on any atom is 0.317 e. The molecule has 0 saturated carbocycles. The van der Waals surface area contributed by atoms with Crippen LogP contribution in [0.4, 0.5) is 17.1 Å². The van der Waals surface area contributed by atoms with Gasteiger partial charge in [0.25, 0.3) is 0 Å². The Morgan fingerprint density at radius 3 is 2.16 bits per heavy atom. The van der Waals surface area contributed by atoms with Crippen LogP contribution in [0.1, 0.15) is 39.0 Å². The van der Waals surface area contributed by atoms with Crippen LogP contribution < -0.4 is 39.8 Å². The topological polar surface area (TPSA) is 182 Å². The standard InChI is InChI=1S/C42H56N6O9/c1-9-47(20-12-14-38(49)43-19-11-10-13-32(42(54)55)48(25-39(50)51)26-40(52)53)34-24-35(56-8)31(23-33(34)46(6)7)41-29-17-15-27(44(2)3)21-36(29)57-37-22-28(45(4)5)16-18-30(37)41/h15-18,21-24,32H,9-14,19-20,25-26H2,1-8H3,(H3-,43,49,50,51,52,53,54,55). The van der Waals surface area contributed by atoms with E-state index in [1.165, 1.54) is 0 Å². The van der Waals surface area contributed by atoms with Gasteiger partial charge in [0.1, 0.15) is 31.2 Å². The van der Waals surface area contributed by atoms with Crippen molar-refractivity contribution >= 4 is 51.8 Å². The van der Waals surface area contributed by atoms with Gasteiger partial charge < -0.3 is 49.3 Å². The summed E-state index contributed by atoms with van der Waals surface area (Å²) in [6.45, 7) is 2.16. The van der Waals surface area contributed by atoms with Crippen LogP contribution in [-0.4, -0.2) is 127 Å². The highest BCUT2D eigenvalue weighted by Crippen LogP contribution is 2.47. The lowest BCUT2D eigenvalue weighted by atomic mass is 9.92. The van der Waals surface area contributed by atoms with Gasteiger partial charge in [-0.25, -0.2) is 4.58 Å². The Labute approximate surface area is 333 Å². The van der Waals surface area contributed by atoms with E-state index >= 15 is 0 Å². The maximum atomic E-state index is 12.8. The molecule has 2 aliphatic rings. The summed E-state index contributed by atoms with van der Waals surface area (Å²) in [6.07, 6.45) is 1.57. The summed E-state index contributed by atoms with van der Waals surface area (Å²) >= 11 is 0. The van der Waals surface area contributed by atoms with E-state index in [0.717, 1.165) is 60.7 Å². The third-order valence-electron chi connectivity index (χ3n) is 9.94. The molecule has 2 aromatic rings. The number of aliphatic carboxylic acids is 3. The van der Waals surface area contributed by atoms with Crippen LogP contribution in [0.3, 0.4) is 0 Å². The summed E-state index contributed by atoms with van der Waals surface area (Å²) in [4.78, 5) is 54.0. The number of carbonyl (C=O) groups excluding carboxylic acids is 2. The molecule has 4 rings (SSSR count). The number of carbonyl (C=O) groups is 4. The van der Waals surface area contributed by atoms with Crippen molar-refractivity contribution in [1.29, 1.82) is 0 Å². The number of nitrogens with one attached hydrogen (secondary N) is 1. The molecule has 15 nitrogen and oxygen atoms in total. The molecule has 308 valence electrons. The zero-order valence-corrected chi connectivity index (χ0v) is 34.3. The molecule has 0 spiro atoms. The number of unbranched alkanes of at least 4 members (excludes halogenated alkanes) is 1. The van der Waals surface area contributed by atoms with Crippen molar-refractivity contribution in [2.24, 2.45) is 0 Å². The van der Waals surface area contributed by atoms with Crippen molar-refractivity contribution in [1.82, 2.24) is 14.8 Å². The van der Waals surface area contributed by atoms with E-state index in [2.05, 4.69) is 70.6 Å². The largest absolute Gasteiger partial charge is 0.548 e. The minimum atomic E-state index is -1.54. The van der Waals surface area contributed by atoms with Crippen LogP contribution in [0, 0.1) is 0 Å². The number of methoxy groups -OCH3 is 1. The second kappa shape index (κ2) is 19.9. The van der Waals surface area contributed by atoms with E-state index in [0.29, 0.717) is 44.6 Å². The second-order valence-electron chi connectivity index (χ2n) is 14.6. The number of hydrogen-bond donors (Lipinski definition) is 3. The van der Waals surface area contributed by atoms with Gasteiger partial charge in [-0.2, -0.15) is 0 Å². The Morgan fingerprint density at radius 2 is 1.58 bits per heavy atom. The smallest absolute Gasteiger partial charge is 0.317 e. The molecule has 1 aliphatic heterocycles. The first-order valence-corrected chi connectivity index (χ1v) is 19.0. The van der Waals surface area contributed by atoms with Crippen LogP contribution in [0.2, 0.25) is 0 Å². The first-order chi connectivity index (χ1) is 27.1. The van der Waals surface area contributed by atoms with Crippen molar-refractivity contribution in [2.75, 3.05) is 96.8 Å². The van der Waals surface area contributed by atoms with Crippen LogP contribution in [-0.2, 0) is 19.2 Å². The fourth-order valence-electron chi connectivity index (χ4n) is 6.98. The highest BCUT2D eigenvalue weighted by molar-refractivity contribution is 6.05. The summed E-state index contributed by atoms with van der Waals surface area (Å²) in [5.74, 6) is -2.91. The van der Waals surface area contributed by atoms with Crippen molar-refractivity contribution in [3.8, 4) is 28.2 Å². The van der Waals surface area contributed by atoms with Gasteiger partial charge in [-0.3, -0.25) is 19.3 Å². The molecule has 1 atom stereocenters. The Bertz CT molecular complexity index is 2090. The van der Waals surface area contributed by atoms with Crippen molar-refractivity contribution < 1.29 is 43.7 Å². The number of amides is 1. The molecule has 0 fully saturated rings. The fraction of sp³-hybridized carbons (Fsp3) is 0.452. The Balaban J connectivity index is 1.52. The zero-order chi connectivity index (χ0) is 42.0. The van der Waals surface area contributed by atoms with E-state index in [1.54, 1.807) is 7.11 Å². The van der Waals surface area contributed by atoms with Gasteiger partial charge in [0.15, 0.2) is 0 Å². The summed E-state index contributed by atoms with van der Waals surface area (Å²) in [5, 5.41) is 34.7. The number of anilines is 3. The molecule has 0 radical (unpaired) electrons. The first-order valence-electron chi connectivity index (χ1n) is 19.0. The minimum Gasteiger partial charge on any atom is -0.548 e. The molecule has 2 aromatic carbocycles. The number of benzene rings is 3. The summed E-state index contributed by atoms with van der Waals surface area (Å²) in [5.41, 5.74) is 6.60. The summed E-state index contributed by atoms with van der Waals surface area (Å²) < 4.78 is 14.7. The van der Waals surface area contributed by atoms with Gasteiger partial charge >= 0.3 is 11.9 Å². The third-order valence-corrected chi connectivity index (χ3v) is 9.94. The lowest BCUT2D eigenvalue weighted by molar-refractivity contribution is -0.311. The first kappa shape index (κ1) is 43.9. The summed E-state index contributed by atoms with van der Waals surface area (Å²) in [6, 6.07) is 15.3. The molecule has 57 heavy (non-hydrogen) atoms. The Kier molecular flexibility index (Phi) is 15.3. The van der Waals surface area contributed by atoms with E-state index in [4.69, 9.17) is 19.4 Å². The molecular formula is C42H56N6O9. The van der Waals surface area contributed by atoms with Gasteiger partial charge in [-0.15, -0.1) is 0 Å². The van der Waals surface area contributed by atoms with Gasteiger partial charge in [0, 0.05) is 100 Å². The molecule has 1 unspecified atom stereocenters. The van der Waals surface area contributed by atoms with Crippen LogP contribution >= 0.6 is 0 Å². The monoisotopic (exact) mass is 788 g/mol. The molecule has 15 heteroatoms. The normalized spacial score (nSPS) is 11.7. The van der Waals surface area contributed by atoms with Gasteiger partial charge in [-0.1, -0.05) is 0 Å².